The molecule has 0 spiro atoms. The number of hydrogen-bond donors (Lipinski definition) is 1. The third kappa shape index (κ3) is 3.07. The van der Waals surface area contributed by atoms with Gasteiger partial charge in [0.15, 0.2) is 5.65 Å². The zero-order valence-electron chi connectivity index (χ0n) is 14.4. The van der Waals surface area contributed by atoms with Gasteiger partial charge in [-0.3, -0.25) is 4.79 Å². The molecule has 1 fully saturated rings. The first-order valence-electron chi connectivity index (χ1n) is 8.55. The molecule has 1 aliphatic heterocycles. The van der Waals surface area contributed by atoms with E-state index in [0.717, 1.165) is 47.9 Å². The molecular formula is C19H21N5O. The van der Waals surface area contributed by atoms with Gasteiger partial charge in [-0.1, -0.05) is 30.3 Å². The Morgan fingerprint density at radius 3 is 2.80 bits per heavy atom. The molecule has 128 valence electrons. The first-order valence-corrected chi connectivity index (χ1v) is 8.55. The summed E-state index contributed by atoms with van der Waals surface area (Å²) < 4.78 is 1.90. The zero-order chi connectivity index (χ0) is 17.4. The lowest BCUT2D eigenvalue weighted by Crippen LogP contribution is -2.36. The second-order valence-corrected chi connectivity index (χ2v) is 6.55. The van der Waals surface area contributed by atoms with Crippen molar-refractivity contribution < 1.29 is 4.79 Å². The highest BCUT2D eigenvalue weighted by molar-refractivity contribution is 5.73. The highest BCUT2D eigenvalue weighted by Crippen LogP contribution is 2.27. The van der Waals surface area contributed by atoms with Gasteiger partial charge in [0.05, 0.1) is 11.4 Å². The van der Waals surface area contributed by atoms with Crippen molar-refractivity contribution in [1.82, 2.24) is 19.9 Å². The summed E-state index contributed by atoms with van der Waals surface area (Å²) in [5, 5.41) is 7.62. The lowest BCUT2D eigenvalue weighted by atomic mass is 10.1. The number of fused-ring (bicyclic) bond motifs is 1. The molecule has 2 aromatic heterocycles. The second-order valence-electron chi connectivity index (χ2n) is 6.55. The molecule has 4 rings (SSSR count). The van der Waals surface area contributed by atoms with Crippen molar-refractivity contribution in [3.63, 3.8) is 0 Å². The van der Waals surface area contributed by atoms with Gasteiger partial charge in [0, 0.05) is 43.8 Å². The standard InChI is InChI=1S/C19H21N5O/c1-13-10-18-21-17(15-6-4-3-5-7-15)11-19(24(18)22-13)23-9-8-16(12-23)20-14(2)25/h3-7,10-11,16H,8-9,12H2,1-2H3,(H,20,25)/t16-/m0/s1. The van der Waals surface area contributed by atoms with Crippen LogP contribution in [0.25, 0.3) is 16.9 Å². The number of carbonyl (C=O) groups is 1. The minimum absolute atomic E-state index is 0.0200. The predicted molar refractivity (Wildman–Crippen MR) is 97.6 cm³/mol. The number of benzene rings is 1. The number of carbonyl (C=O) groups excluding carboxylic acids is 1. The molecule has 1 amide bonds. The van der Waals surface area contributed by atoms with E-state index in [9.17, 15) is 4.79 Å². The minimum atomic E-state index is 0.0200. The number of nitrogens with zero attached hydrogens (tertiary/aromatic N) is 4. The summed E-state index contributed by atoms with van der Waals surface area (Å²) in [7, 11) is 0. The van der Waals surface area contributed by atoms with Crippen LogP contribution in [-0.4, -0.2) is 39.6 Å². The van der Waals surface area contributed by atoms with Crippen LogP contribution in [-0.2, 0) is 4.79 Å². The molecule has 0 radical (unpaired) electrons. The smallest absolute Gasteiger partial charge is 0.217 e. The third-order valence-corrected chi connectivity index (χ3v) is 4.52. The van der Waals surface area contributed by atoms with Crippen LogP contribution in [0.15, 0.2) is 42.5 Å². The van der Waals surface area contributed by atoms with E-state index < -0.39 is 0 Å². The lowest BCUT2D eigenvalue weighted by molar-refractivity contribution is -0.119. The van der Waals surface area contributed by atoms with Gasteiger partial charge in [0.1, 0.15) is 5.82 Å². The van der Waals surface area contributed by atoms with Crippen molar-refractivity contribution in [3.8, 4) is 11.3 Å². The molecule has 1 aromatic carbocycles. The van der Waals surface area contributed by atoms with Gasteiger partial charge >= 0.3 is 0 Å². The van der Waals surface area contributed by atoms with Gasteiger partial charge in [-0.15, -0.1) is 0 Å². The monoisotopic (exact) mass is 335 g/mol. The van der Waals surface area contributed by atoms with E-state index in [1.165, 1.54) is 0 Å². The van der Waals surface area contributed by atoms with Crippen molar-refractivity contribution in [2.75, 3.05) is 18.0 Å². The Morgan fingerprint density at radius 2 is 2.04 bits per heavy atom. The summed E-state index contributed by atoms with van der Waals surface area (Å²) in [6.07, 6.45) is 0.935. The first-order chi connectivity index (χ1) is 12.1. The fourth-order valence-corrected chi connectivity index (χ4v) is 3.43. The Hall–Kier alpha value is -2.89. The van der Waals surface area contributed by atoms with Crippen molar-refractivity contribution >= 4 is 17.4 Å². The Bertz CT molecular complexity index is 918. The Morgan fingerprint density at radius 1 is 1.24 bits per heavy atom. The highest BCUT2D eigenvalue weighted by Gasteiger charge is 2.26. The van der Waals surface area contributed by atoms with Crippen molar-refractivity contribution in [2.45, 2.75) is 26.3 Å². The second kappa shape index (κ2) is 6.20. The summed E-state index contributed by atoms with van der Waals surface area (Å²) in [6.45, 7) is 5.21. The number of aromatic nitrogens is 3. The average Bonchev–Trinajstić information content (AvgIpc) is 3.19. The van der Waals surface area contributed by atoms with Gasteiger partial charge < -0.3 is 10.2 Å². The molecule has 0 bridgehead atoms. The van der Waals surface area contributed by atoms with Gasteiger partial charge in [-0.2, -0.15) is 9.61 Å². The summed E-state index contributed by atoms with van der Waals surface area (Å²) >= 11 is 0. The summed E-state index contributed by atoms with van der Waals surface area (Å²) in [4.78, 5) is 18.4. The molecule has 0 saturated carbocycles. The maximum absolute atomic E-state index is 11.3. The van der Waals surface area contributed by atoms with E-state index in [1.54, 1.807) is 6.92 Å². The van der Waals surface area contributed by atoms with Crippen LogP contribution >= 0.6 is 0 Å². The molecule has 1 atom stereocenters. The highest BCUT2D eigenvalue weighted by atomic mass is 16.1. The maximum atomic E-state index is 11.3. The number of rotatable bonds is 3. The number of anilines is 1. The van der Waals surface area contributed by atoms with E-state index in [2.05, 4.69) is 33.5 Å². The van der Waals surface area contributed by atoms with Crippen LogP contribution in [0.4, 0.5) is 5.82 Å². The molecule has 1 aliphatic rings. The van der Waals surface area contributed by atoms with E-state index >= 15 is 0 Å². The fourth-order valence-electron chi connectivity index (χ4n) is 3.43. The molecule has 1 saturated heterocycles. The normalized spacial score (nSPS) is 17.2. The minimum Gasteiger partial charge on any atom is -0.354 e. The molecule has 0 aliphatic carbocycles. The van der Waals surface area contributed by atoms with E-state index in [4.69, 9.17) is 4.98 Å². The topological polar surface area (TPSA) is 62.5 Å². The van der Waals surface area contributed by atoms with Crippen LogP contribution in [0.2, 0.25) is 0 Å². The van der Waals surface area contributed by atoms with Gasteiger partial charge in [0.25, 0.3) is 0 Å². The molecule has 1 N–H and O–H groups in total. The number of hydrogen-bond acceptors (Lipinski definition) is 4. The summed E-state index contributed by atoms with van der Waals surface area (Å²) in [6, 6.07) is 14.4. The predicted octanol–water partition coefficient (Wildman–Crippen LogP) is 2.42. The molecule has 6 heteroatoms. The Balaban J connectivity index is 1.76. The fraction of sp³-hybridized carbons (Fsp3) is 0.316. The van der Waals surface area contributed by atoms with Crippen LogP contribution in [0, 0.1) is 6.92 Å². The Labute approximate surface area is 146 Å². The van der Waals surface area contributed by atoms with E-state index in [-0.39, 0.29) is 11.9 Å². The largest absolute Gasteiger partial charge is 0.354 e. The van der Waals surface area contributed by atoms with E-state index in [1.807, 2.05) is 35.7 Å². The lowest BCUT2D eigenvalue weighted by Gasteiger charge is -2.20. The van der Waals surface area contributed by atoms with E-state index in [0.29, 0.717) is 0 Å². The van der Waals surface area contributed by atoms with Crippen LogP contribution in [0.1, 0.15) is 19.0 Å². The maximum Gasteiger partial charge on any atom is 0.217 e. The molecule has 25 heavy (non-hydrogen) atoms. The van der Waals surface area contributed by atoms with Crippen molar-refractivity contribution in [1.29, 1.82) is 0 Å². The summed E-state index contributed by atoms with van der Waals surface area (Å²) in [5.41, 5.74) is 3.81. The van der Waals surface area contributed by atoms with Crippen LogP contribution < -0.4 is 10.2 Å². The van der Waals surface area contributed by atoms with Crippen LogP contribution in [0.5, 0.6) is 0 Å². The number of amides is 1. The van der Waals surface area contributed by atoms with Crippen molar-refractivity contribution in [3.05, 3.63) is 48.2 Å². The molecule has 0 unspecified atom stereocenters. The summed E-state index contributed by atoms with van der Waals surface area (Å²) in [5.74, 6) is 1.04. The molecule has 3 heterocycles. The molecule has 3 aromatic rings. The SMILES string of the molecule is CC(=O)N[C@H]1CCN(c2cc(-c3ccccc3)nc3cc(C)nn23)C1. The Kier molecular flexibility index (Phi) is 3.87. The number of aryl methyl sites for hydroxylation is 1. The van der Waals surface area contributed by atoms with Gasteiger partial charge in [0.2, 0.25) is 5.91 Å². The number of nitrogens with one attached hydrogen (secondary N) is 1. The van der Waals surface area contributed by atoms with Crippen LogP contribution in [0.3, 0.4) is 0 Å². The van der Waals surface area contributed by atoms with Gasteiger partial charge in [-0.25, -0.2) is 4.98 Å². The third-order valence-electron chi connectivity index (χ3n) is 4.52. The van der Waals surface area contributed by atoms with Gasteiger partial charge in [-0.05, 0) is 13.3 Å². The first kappa shape index (κ1) is 15.6. The molecule has 6 nitrogen and oxygen atoms in total. The average molecular weight is 335 g/mol. The van der Waals surface area contributed by atoms with Crippen molar-refractivity contribution in [2.24, 2.45) is 0 Å². The zero-order valence-corrected chi connectivity index (χ0v) is 14.4. The molecular weight excluding hydrogens is 314 g/mol. The quantitative estimate of drug-likeness (QED) is 0.798.